The Morgan fingerprint density at radius 1 is 1.32 bits per heavy atom. The molecular weight excluding hydrogens is 240 g/mol. The van der Waals surface area contributed by atoms with E-state index < -0.39 is 0 Å². The summed E-state index contributed by atoms with van der Waals surface area (Å²) < 4.78 is 3.36. The number of hydrogen-bond donors (Lipinski definition) is 1. The molecule has 0 amide bonds. The van der Waals surface area contributed by atoms with Crippen molar-refractivity contribution >= 4 is 5.52 Å². The first kappa shape index (κ1) is 13.8. The lowest BCUT2D eigenvalue weighted by molar-refractivity contribution is 0.328. The van der Waals surface area contributed by atoms with E-state index >= 15 is 0 Å². The lowest BCUT2D eigenvalue weighted by atomic mass is 9.87. The molecule has 0 spiro atoms. The summed E-state index contributed by atoms with van der Waals surface area (Å²) in [6.07, 6.45) is 8.43. The fraction of sp³-hybridized carbons (Fsp3) is 0.571. The average Bonchev–Trinajstić information content (AvgIpc) is 2.86. The van der Waals surface area contributed by atoms with Gasteiger partial charge in [-0.05, 0) is 30.9 Å². The third-order valence-corrected chi connectivity index (χ3v) is 3.59. The van der Waals surface area contributed by atoms with Crippen LogP contribution < -0.4 is 11.3 Å². The first-order valence-corrected chi connectivity index (χ1v) is 6.76. The predicted molar refractivity (Wildman–Crippen MR) is 76.1 cm³/mol. The molecule has 0 aromatic carbocycles. The first-order chi connectivity index (χ1) is 9.03. The van der Waals surface area contributed by atoms with Gasteiger partial charge >= 0.3 is 0 Å². The summed E-state index contributed by atoms with van der Waals surface area (Å²) in [5.74, 6) is 0. The molecule has 2 rings (SSSR count). The highest BCUT2D eigenvalue weighted by molar-refractivity contribution is 5.42. The number of aryl methyl sites for hydroxylation is 1. The van der Waals surface area contributed by atoms with Crippen LogP contribution in [0.25, 0.3) is 5.52 Å². The molecule has 2 heterocycles. The molecule has 0 fully saturated rings. The Morgan fingerprint density at radius 2 is 2.11 bits per heavy atom. The van der Waals surface area contributed by atoms with E-state index in [0.717, 1.165) is 25.8 Å². The van der Waals surface area contributed by atoms with E-state index in [2.05, 4.69) is 18.9 Å². The minimum atomic E-state index is 0.0260. The highest BCUT2D eigenvalue weighted by Gasteiger charge is 2.14. The molecular formula is C14H22N4O. The number of unbranched alkanes of at least 4 members (excludes halogenated alkanes) is 1. The maximum atomic E-state index is 12.1. The zero-order valence-corrected chi connectivity index (χ0v) is 11.7. The van der Waals surface area contributed by atoms with Gasteiger partial charge in [0.2, 0.25) is 0 Å². The number of rotatable bonds is 6. The zero-order valence-electron chi connectivity index (χ0n) is 11.7. The van der Waals surface area contributed by atoms with E-state index in [1.165, 1.54) is 0 Å². The highest BCUT2D eigenvalue weighted by atomic mass is 16.1. The van der Waals surface area contributed by atoms with Crippen LogP contribution in [0.1, 0.15) is 33.1 Å². The first-order valence-electron chi connectivity index (χ1n) is 6.76. The normalized spacial score (nSPS) is 12.2. The van der Waals surface area contributed by atoms with Gasteiger partial charge in [0, 0.05) is 18.9 Å². The Bertz CT molecular complexity index is 597. The second-order valence-corrected chi connectivity index (χ2v) is 5.78. The molecule has 0 atom stereocenters. The Kier molecular flexibility index (Phi) is 4.04. The molecule has 2 aromatic rings. The molecule has 0 saturated carbocycles. The monoisotopic (exact) mass is 262 g/mol. The fourth-order valence-electron chi connectivity index (χ4n) is 2.12. The minimum absolute atomic E-state index is 0.0260. The van der Waals surface area contributed by atoms with Crippen LogP contribution in [-0.4, -0.2) is 20.7 Å². The quantitative estimate of drug-likeness (QED) is 0.805. The van der Waals surface area contributed by atoms with Crippen LogP contribution in [0.3, 0.4) is 0 Å². The van der Waals surface area contributed by atoms with Crippen LogP contribution in [-0.2, 0) is 6.54 Å². The van der Waals surface area contributed by atoms with Crippen LogP contribution in [0, 0.1) is 5.41 Å². The van der Waals surface area contributed by atoms with E-state index in [0.29, 0.717) is 12.1 Å². The Labute approximate surface area is 113 Å². The molecule has 19 heavy (non-hydrogen) atoms. The minimum Gasteiger partial charge on any atom is -0.330 e. The van der Waals surface area contributed by atoms with Crippen molar-refractivity contribution in [3.63, 3.8) is 0 Å². The number of hydrogen-bond acceptors (Lipinski definition) is 3. The van der Waals surface area contributed by atoms with E-state index in [-0.39, 0.29) is 11.0 Å². The lowest BCUT2D eigenvalue weighted by Crippen LogP contribution is -2.24. The van der Waals surface area contributed by atoms with E-state index in [1.807, 2.05) is 6.20 Å². The third-order valence-electron chi connectivity index (χ3n) is 3.59. The standard InChI is InChI=1S/C14H22N4O/c1-14(2,11-15)6-3-4-8-17-9-10-18-12(13(17)19)5-7-16-18/h5,7,9-10H,3-4,6,8,11,15H2,1-2H3. The summed E-state index contributed by atoms with van der Waals surface area (Å²) >= 11 is 0. The summed E-state index contributed by atoms with van der Waals surface area (Å²) in [6, 6.07) is 1.75. The molecule has 104 valence electrons. The molecule has 2 aromatic heterocycles. The van der Waals surface area contributed by atoms with Crippen molar-refractivity contribution in [3.05, 3.63) is 35.0 Å². The van der Waals surface area contributed by atoms with Crippen molar-refractivity contribution in [1.82, 2.24) is 14.2 Å². The van der Waals surface area contributed by atoms with Crippen molar-refractivity contribution < 1.29 is 0 Å². The number of fused-ring (bicyclic) bond motifs is 1. The molecule has 5 nitrogen and oxygen atoms in total. The Morgan fingerprint density at radius 3 is 2.84 bits per heavy atom. The van der Waals surface area contributed by atoms with Gasteiger partial charge in [0.25, 0.3) is 5.56 Å². The molecule has 0 bridgehead atoms. The van der Waals surface area contributed by atoms with Gasteiger partial charge in [-0.1, -0.05) is 20.3 Å². The maximum Gasteiger partial charge on any atom is 0.276 e. The second-order valence-electron chi connectivity index (χ2n) is 5.78. The highest BCUT2D eigenvalue weighted by Crippen LogP contribution is 2.21. The molecule has 0 aliphatic rings. The van der Waals surface area contributed by atoms with Crippen LogP contribution in [0.5, 0.6) is 0 Å². The van der Waals surface area contributed by atoms with E-state index in [4.69, 9.17) is 5.73 Å². The molecule has 0 radical (unpaired) electrons. The number of aromatic nitrogens is 3. The molecule has 2 N–H and O–H groups in total. The van der Waals surface area contributed by atoms with Gasteiger partial charge in [-0.15, -0.1) is 0 Å². The van der Waals surface area contributed by atoms with Gasteiger partial charge < -0.3 is 10.3 Å². The van der Waals surface area contributed by atoms with Gasteiger partial charge in [-0.3, -0.25) is 4.79 Å². The van der Waals surface area contributed by atoms with Gasteiger partial charge in [0.1, 0.15) is 5.52 Å². The van der Waals surface area contributed by atoms with Gasteiger partial charge in [0.05, 0.1) is 6.20 Å². The van der Waals surface area contributed by atoms with Crippen LogP contribution in [0.15, 0.2) is 29.5 Å². The third kappa shape index (κ3) is 3.23. The molecule has 5 heteroatoms. The SMILES string of the molecule is CC(C)(CN)CCCCn1ccn2nccc2c1=O. The van der Waals surface area contributed by atoms with Crippen LogP contribution in [0.4, 0.5) is 0 Å². The maximum absolute atomic E-state index is 12.1. The van der Waals surface area contributed by atoms with Crippen molar-refractivity contribution in [1.29, 1.82) is 0 Å². The summed E-state index contributed by atoms with van der Waals surface area (Å²) in [4.78, 5) is 12.1. The van der Waals surface area contributed by atoms with E-state index in [9.17, 15) is 4.79 Å². The number of nitrogens with two attached hydrogens (primary N) is 1. The van der Waals surface area contributed by atoms with Gasteiger partial charge in [-0.25, -0.2) is 4.52 Å². The number of nitrogens with zero attached hydrogens (tertiary/aromatic N) is 3. The fourth-order valence-corrected chi connectivity index (χ4v) is 2.12. The van der Waals surface area contributed by atoms with Crippen LogP contribution in [0.2, 0.25) is 0 Å². The van der Waals surface area contributed by atoms with Gasteiger partial charge in [-0.2, -0.15) is 5.10 Å². The topological polar surface area (TPSA) is 65.3 Å². The predicted octanol–water partition coefficient (Wildman–Crippen LogP) is 1.65. The zero-order chi connectivity index (χ0) is 13.9. The molecule has 0 aliphatic carbocycles. The summed E-state index contributed by atoms with van der Waals surface area (Å²) in [7, 11) is 0. The van der Waals surface area contributed by atoms with Crippen molar-refractivity contribution in [2.45, 2.75) is 39.7 Å². The van der Waals surface area contributed by atoms with Crippen molar-refractivity contribution in [3.8, 4) is 0 Å². The summed E-state index contributed by atoms with van der Waals surface area (Å²) in [5.41, 5.74) is 6.56. The van der Waals surface area contributed by atoms with Gasteiger partial charge in [0.15, 0.2) is 0 Å². The van der Waals surface area contributed by atoms with E-state index in [1.54, 1.807) is 27.5 Å². The average molecular weight is 262 g/mol. The Hall–Kier alpha value is -1.62. The van der Waals surface area contributed by atoms with Crippen molar-refractivity contribution in [2.24, 2.45) is 11.1 Å². The second kappa shape index (κ2) is 5.57. The largest absolute Gasteiger partial charge is 0.330 e. The molecule has 0 unspecified atom stereocenters. The van der Waals surface area contributed by atoms with Crippen LogP contribution >= 0.6 is 0 Å². The molecule has 0 aliphatic heterocycles. The smallest absolute Gasteiger partial charge is 0.276 e. The van der Waals surface area contributed by atoms with Crippen molar-refractivity contribution in [2.75, 3.05) is 6.54 Å². The molecule has 0 saturated heterocycles. The summed E-state index contributed by atoms with van der Waals surface area (Å²) in [5, 5.41) is 4.05. The lowest BCUT2D eigenvalue weighted by Gasteiger charge is -2.21. The Balaban J connectivity index is 1.95. The summed E-state index contributed by atoms with van der Waals surface area (Å²) in [6.45, 7) is 5.81.